The predicted octanol–water partition coefficient (Wildman–Crippen LogP) is 3.34. The summed E-state index contributed by atoms with van der Waals surface area (Å²) >= 11 is 0. The van der Waals surface area contributed by atoms with Crippen LogP contribution in [0.15, 0.2) is 23.8 Å². The summed E-state index contributed by atoms with van der Waals surface area (Å²) < 4.78 is 67.8. The van der Waals surface area contributed by atoms with Crippen molar-refractivity contribution in [2.45, 2.75) is 57.0 Å². The monoisotopic (exact) mass is 403 g/mol. The number of nitrogens with two attached hydrogens (primary N) is 1. The van der Waals surface area contributed by atoms with Crippen molar-refractivity contribution in [2.75, 3.05) is 6.54 Å². The molecule has 0 aromatic carbocycles. The maximum absolute atomic E-state index is 14.2. The summed E-state index contributed by atoms with van der Waals surface area (Å²) in [5.41, 5.74) is 6.33. The molecule has 1 aliphatic heterocycles. The molecule has 1 saturated carbocycles. The standard InChI is InChI=1S/C18H22F5N5/c19-10-1-4-14(20)13(7-10)12-3-2-11(8-15(12)24)27-5-6-28-16(9-27)25-26-17(28)18(21,22)23/h1,4,11-13,15H,2-3,5-9,24H2/t11?,12-,13?,15?/m1/s1. The highest BCUT2D eigenvalue weighted by Gasteiger charge is 2.42. The normalized spacial score (nSPS) is 31.9. The lowest BCUT2D eigenvalue weighted by Crippen LogP contribution is -2.50. The number of hydrogen-bond donors (Lipinski definition) is 1. The average molecular weight is 403 g/mol. The molecule has 4 rings (SSSR count). The van der Waals surface area contributed by atoms with Crippen molar-refractivity contribution in [3.63, 3.8) is 0 Å². The van der Waals surface area contributed by atoms with Crippen LogP contribution in [-0.2, 0) is 19.3 Å². The quantitative estimate of drug-likeness (QED) is 0.770. The summed E-state index contributed by atoms with van der Waals surface area (Å²) in [6.45, 7) is 0.897. The molecule has 0 amide bonds. The molecule has 2 aliphatic carbocycles. The third-order valence-electron chi connectivity index (χ3n) is 6.19. The lowest BCUT2D eigenvalue weighted by atomic mass is 9.72. The Morgan fingerprint density at radius 3 is 2.57 bits per heavy atom. The SMILES string of the molecule is NC1CC(N2CCn3c(nnc3C(F)(F)F)C2)CC[C@@H]1C1CC(F)=CC=C1F. The van der Waals surface area contributed by atoms with Crippen LogP contribution in [0.25, 0.3) is 0 Å². The van der Waals surface area contributed by atoms with Crippen molar-refractivity contribution >= 4 is 0 Å². The Balaban J connectivity index is 1.41. The number of halogens is 5. The van der Waals surface area contributed by atoms with Crippen LogP contribution in [0.5, 0.6) is 0 Å². The molecule has 0 saturated heterocycles. The minimum atomic E-state index is -4.52. The summed E-state index contributed by atoms with van der Waals surface area (Å²) in [6.07, 6.45) is -0.149. The highest BCUT2D eigenvalue weighted by Crippen LogP contribution is 2.41. The Kier molecular flexibility index (Phi) is 5.03. The van der Waals surface area contributed by atoms with Crippen molar-refractivity contribution in [2.24, 2.45) is 17.6 Å². The van der Waals surface area contributed by atoms with E-state index >= 15 is 0 Å². The molecule has 10 heteroatoms. The molecule has 1 aromatic heterocycles. The van der Waals surface area contributed by atoms with E-state index in [9.17, 15) is 22.0 Å². The molecule has 1 aromatic rings. The number of fused-ring (bicyclic) bond motifs is 1. The van der Waals surface area contributed by atoms with Gasteiger partial charge in [-0.2, -0.15) is 13.2 Å². The Morgan fingerprint density at radius 1 is 1.07 bits per heavy atom. The van der Waals surface area contributed by atoms with E-state index < -0.39 is 17.9 Å². The van der Waals surface area contributed by atoms with Crippen LogP contribution in [0.1, 0.15) is 37.3 Å². The second-order valence-electron chi connectivity index (χ2n) is 7.83. The van der Waals surface area contributed by atoms with Gasteiger partial charge in [0.15, 0.2) is 0 Å². The first-order valence-corrected chi connectivity index (χ1v) is 9.44. The van der Waals surface area contributed by atoms with E-state index in [1.165, 1.54) is 6.08 Å². The Bertz CT molecular complexity index is 799. The molecular formula is C18H22F5N5. The first kappa shape index (κ1) is 19.5. The third kappa shape index (κ3) is 3.59. The maximum atomic E-state index is 14.2. The smallest absolute Gasteiger partial charge is 0.327 e. The van der Waals surface area contributed by atoms with Crippen LogP contribution >= 0.6 is 0 Å². The van der Waals surface area contributed by atoms with Gasteiger partial charge >= 0.3 is 6.18 Å². The van der Waals surface area contributed by atoms with Gasteiger partial charge in [0.2, 0.25) is 5.82 Å². The van der Waals surface area contributed by atoms with Gasteiger partial charge in [0.05, 0.1) is 6.54 Å². The summed E-state index contributed by atoms with van der Waals surface area (Å²) in [5, 5.41) is 7.01. The van der Waals surface area contributed by atoms with E-state index in [4.69, 9.17) is 5.73 Å². The number of rotatable bonds is 2. The van der Waals surface area contributed by atoms with Crippen molar-refractivity contribution in [3.05, 3.63) is 35.5 Å². The van der Waals surface area contributed by atoms with Gasteiger partial charge in [-0.05, 0) is 37.3 Å². The van der Waals surface area contributed by atoms with E-state index in [-0.39, 0.29) is 49.2 Å². The van der Waals surface area contributed by atoms with E-state index in [1.807, 2.05) is 0 Å². The molecule has 2 heterocycles. The second kappa shape index (κ2) is 7.22. The van der Waals surface area contributed by atoms with E-state index in [1.54, 1.807) is 0 Å². The fourth-order valence-corrected chi connectivity index (χ4v) is 4.76. The van der Waals surface area contributed by atoms with Gasteiger partial charge in [-0.1, -0.05) is 0 Å². The number of nitrogens with zero attached hydrogens (tertiary/aromatic N) is 4. The van der Waals surface area contributed by atoms with Gasteiger partial charge in [0.1, 0.15) is 17.5 Å². The molecule has 0 radical (unpaired) electrons. The van der Waals surface area contributed by atoms with Gasteiger partial charge in [0, 0.05) is 37.5 Å². The fourth-order valence-electron chi connectivity index (χ4n) is 4.76. The minimum absolute atomic E-state index is 0.0401. The van der Waals surface area contributed by atoms with Gasteiger partial charge in [-0.3, -0.25) is 4.90 Å². The van der Waals surface area contributed by atoms with E-state index in [0.717, 1.165) is 17.1 Å². The summed E-state index contributed by atoms with van der Waals surface area (Å²) in [7, 11) is 0. The Hall–Kier alpha value is -1.81. The van der Waals surface area contributed by atoms with E-state index in [2.05, 4.69) is 15.1 Å². The van der Waals surface area contributed by atoms with Gasteiger partial charge in [0.25, 0.3) is 0 Å². The summed E-state index contributed by atoms with van der Waals surface area (Å²) in [5.74, 6) is -2.00. The van der Waals surface area contributed by atoms with Crippen molar-refractivity contribution in [1.82, 2.24) is 19.7 Å². The van der Waals surface area contributed by atoms with Gasteiger partial charge in [-0.15, -0.1) is 10.2 Å². The fraction of sp³-hybridized carbons (Fsp3) is 0.667. The molecule has 0 spiro atoms. The zero-order chi connectivity index (χ0) is 20.1. The largest absolute Gasteiger partial charge is 0.451 e. The minimum Gasteiger partial charge on any atom is -0.327 e. The number of hydrogen-bond acceptors (Lipinski definition) is 4. The van der Waals surface area contributed by atoms with Crippen LogP contribution < -0.4 is 5.73 Å². The predicted molar refractivity (Wildman–Crippen MR) is 91.0 cm³/mol. The third-order valence-corrected chi connectivity index (χ3v) is 6.19. The first-order valence-electron chi connectivity index (χ1n) is 9.44. The number of alkyl halides is 3. The summed E-state index contributed by atoms with van der Waals surface area (Å²) in [6, 6.07) is -0.207. The lowest BCUT2D eigenvalue weighted by Gasteiger charge is -2.43. The molecule has 3 unspecified atom stereocenters. The van der Waals surface area contributed by atoms with Crippen LogP contribution in [0.4, 0.5) is 22.0 Å². The molecular weight excluding hydrogens is 381 g/mol. The van der Waals surface area contributed by atoms with Crippen LogP contribution in [-0.4, -0.2) is 38.3 Å². The molecule has 0 bridgehead atoms. The van der Waals surface area contributed by atoms with Crippen LogP contribution in [0.3, 0.4) is 0 Å². The molecule has 154 valence electrons. The second-order valence-corrected chi connectivity index (χ2v) is 7.83. The molecule has 2 N–H and O–H groups in total. The highest BCUT2D eigenvalue weighted by atomic mass is 19.4. The van der Waals surface area contributed by atoms with Gasteiger partial charge in [-0.25, -0.2) is 8.78 Å². The molecule has 5 nitrogen and oxygen atoms in total. The highest BCUT2D eigenvalue weighted by molar-refractivity contribution is 5.21. The molecule has 1 fully saturated rings. The van der Waals surface area contributed by atoms with Crippen LogP contribution in [0.2, 0.25) is 0 Å². The Labute approximate surface area is 159 Å². The molecule has 28 heavy (non-hydrogen) atoms. The average Bonchev–Trinajstić information content (AvgIpc) is 3.07. The van der Waals surface area contributed by atoms with E-state index in [0.29, 0.717) is 25.2 Å². The molecule has 3 aliphatic rings. The molecule has 4 atom stereocenters. The topological polar surface area (TPSA) is 60.0 Å². The first-order chi connectivity index (χ1) is 13.2. The van der Waals surface area contributed by atoms with Gasteiger partial charge < -0.3 is 10.3 Å². The van der Waals surface area contributed by atoms with Crippen molar-refractivity contribution in [3.8, 4) is 0 Å². The van der Waals surface area contributed by atoms with Crippen molar-refractivity contribution < 1.29 is 22.0 Å². The number of aromatic nitrogens is 3. The number of allylic oxidation sites excluding steroid dienone is 4. The van der Waals surface area contributed by atoms with Crippen LogP contribution in [0, 0.1) is 11.8 Å². The summed E-state index contributed by atoms with van der Waals surface area (Å²) in [4.78, 5) is 2.08. The maximum Gasteiger partial charge on any atom is 0.451 e. The van der Waals surface area contributed by atoms with Crippen molar-refractivity contribution in [1.29, 1.82) is 0 Å². The lowest BCUT2D eigenvalue weighted by molar-refractivity contribution is -0.148. The Morgan fingerprint density at radius 2 is 1.86 bits per heavy atom. The zero-order valence-corrected chi connectivity index (χ0v) is 15.2. The zero-order valence-electron chi connectivity index (χ0n) is 15.2.